The topological polar surface area (TPSA) is 26.3 Å². The van der Waals surface area contributed by atoms with E-state index in [1.54, 1.807) is 0 Å². The van der Waals surface area contributed by atoms with Crippen LogP contribution in [0.1, 0.15) is 10.4 Å². The number of hydrogen-bond acceptors (Lipinski definition) is 2. The van der Waals surface area contributed by atoms with Gasteiger partial charge >= 0.3 is 18.0 Å². The molecule has 0 amide bonds. The molecule has 0 saturated carbocycles. The molecule has 0 aromatic heterocycles. The van der Waals surface area contributed by atoms with Crippen LogP contribution in [-0.2, 0) is 0 Å². The summed E-state index contributed by atoms with van der Waals surface area (Å²) >= 11 is 0. The van der Waals surface area contributed by atoms with E-state index in [9.17, 15) is 39.9 Å². The molecule has 0 unspecified atom stereocenters. The van der Waals surface area contributed by atoms with Gasteiger partial charge in [-0.2, -0.15) is 30.7 Å². The third-order valence-electron chi connectivity index (χ3n) is 2.40. The predicted molar refractivity (Wildman–Crippen MR) is 53.2 cm³/mol. The highest BCUT2D eigenvalue weighted by Gasteiger charge is 2.76. The maximum atomic E-state index is 13.2. The molecule has 0 radical (unpaired) electrons. The van der Waals surface area contributed by atoms with Gasteiger partial charge in [0.05, 0.1) is 7.11 Å². The molecule has 0 aliphatic rings. The second-order valence-electron chi connectivity index (χ2n) is 3.86. The quantitative estimate of drug-likeness (QED) is 0.622. The molecule has 0 spiro atoms. The fourth-order valence-corrected chi connectivity index (χ4v) is 1.31. The van der Waals surface area contributed by atoms with Gasteiger partial charge in [0.15, 0.2) is 0 Å². The molecule has 1 aromatic carbocycles. The first-order valence-electron chi connectivity index (χ1n) is 5.06. The third kappa shape index (κ3) is 2.93. The second-order valence-corrected chi connectivity index (χ2v) is 3.86. The van der Waals surface area contributed by atoms with Crippen molar-refractivity contribution < 1.29 is 44.7 Å². The smallest absolute Gasteiger partial charge is 0.460 e. The third-order valence-corrected chi connectivity index (χ3v) is 2.40. The van der Waals surface area contributed by atoms with Crippen molar-refractivity contribution in [3.63, 3.8) is 0 Å². The lowest BCUT2D eigenvalue weighted by Crippen LogP contribution is -2.56. The first-order valence-corrected chi connectivity index (χ1v) is 5.06. The van der Waals surface area contributed by atoms with E-state index in [4.69, 9.17) is 0 Å². The first kappa shape index (κ1) is 17.2. The number of alkyl halides is 7. The standard InChI is InChI=1S/C11H6F8O2/c1-21-7-3-5(2-6(12)4-7)8(20)9(13,14)10(15,16)11(17,18)19/h2-4H,1H3. The van der Waals surface area contributed by atoms with Crippen molar-refractivity contribution in [2.24, 2.45) is 0 Å². The first-order chi connectivity index (χ1) is 9.34. The Morgan fingerprint density at radius 3 is 1.95 bits per heavy atom. The maximum Gasteiger partial charge on any atom is 0.460 e. The molecule has 2 nitrogen and oxygen atoms in total. The summed E-state index contributed by atoms with van der Waals surface area (Å²) in [5.74, 6) is -17.4. The van der Waals surface area contributed by atoms with Crippen LogP contribution in [0.5, 0.6) is 5.75 Å². The van der Waals surface area contributed by atoms with Gasteiger partial charge in [-0.05, 0) is 12.1 Å². The van der Waals surface area contributed by atoms with Crippen LogP contribution in [-0.4, -0.2) is 30.9 Å². The summed E-state index contributed by atoms with van der Waals surface area (Å²) in [5.41, 5.74) is -1.37. The number of benzene rings is 1. The molecule has 0 aliphatic carbocycles. The lowest BCUT2D eigenvalue weighted by atomic mass is 9.99. The van der Waals surface area contributed by atoms with Crippen molar-refractivity contribution in [1.29, 1.82) is 0 Å². The van der Waals surface area contributed by atoms with E-state index >= 15 is 0 Å². The van der Waals surface area contributed by atoms with Crippen LogP contribution in [0, 0.1) is 5.82 Å². The number of carbonyl (C=O) groups is 1. The molecule has 0 fully saturated rings. The highest BCUT2D eigenvalue weighted by Crippen LogP contribution is 2.47. The van der Waals surface area contributed by atoms with Crippen LogP contribution in [0.25, 0.3) is 0 Å². The number of methoxy groups -OCH3 is 1. The Bertz CT molecular complexity index is 550. The Kier molecular flexibility index (Phi) is 4.22. The van der Waals surface area contributed by atoms with Gasteiger partial charge in [0.25, 0.3) is 0 Å². The molecule has 21 heavy (non-hydrogen) atoms. The minimum Gasteiger partial charge on any atom is -0.497 e. The number of ketones is 1. The zero-order valence-corrected chi connectivity index (χ0v) is 10.1. The summed E-state index contributed by atoms with van der Waals surface area (Å²) in [6.07, 6.45) is -6.65. The van der Waals surface area contributed by atoms with E-state index in [-0.39, 0.29) is 6.07 Å². The van der Waals surface area contributed by atoms with Crippen LogP contribution in [0.4, 0.5) is 35.1 Å². The van der Waals surface area contributed by atoms with Crippen molar-refractivity contribution in [1.82, 2.24) is 0 Å². The number of Topliss-reactive ketones (excluding diaryl/α,β-unsaturated/α-hetero) is 1. The molecule has 0 aliphatic heterocycles. The van der Waals surface area contributed by atoms with E-state index in [0.717, 1.165) is 7.11 Å². The monoisotopic (exact) mass is 322 g/mol. The van der Waals surface area contributed by atoms with Gasteiger partial charge in [0.1, 0.15) is 11.6 Å². The van der Waals surface area contributed by atoms with Crippen LogP contribution in [0.3, 0.4) is 0 Å². The van der Waals surface area contributed by atoms with Crippen molar-refractivity contribution in [2.75, 3.05) is 7.11 Å². The lowest BCUT2D eigenvalue weighted by molar-refractivity contribution is -0.339. The van der Waals surface area contributed by atoms with Gasteiger partial charge in [-0.3, -0.25) is 4.79 Å². The SMILES string of the molecule is COc1cc(F)cc(C(=O)C(F)(F)C(F)(F)C(F)(F)F)c1. The molecule has 118 valence electrons. The Morgan fingerprint density at radius 2 is 1.52 bits per heavy atom. The van der Waals surface area contributed by atoms with Crippen LogP contribution < -0.4 is 4.74 Å². The number of carbonyl (C=O) groups excluding carboxylic acids is 1. The minimum atomic E-state index is -6.65. The van der Waals surface area contributed by atoms with Gasteiger partial charge in [0.2, 0.25) is 5.78 Å². The van der Waals surface area contributed by atoms with Gasteiger partial charge < -0.3 is 4.74 Å². The molecule has 0 heterocycles. The normalized spacial score (nSPS) is 13.2. The molecule has 1 aromatic rings. The molecule has 1 rings (SSSR count). The summed E-state index contributed by atoms with van der Waals surface area (Å²) < 4.78 is 105. The van der Waals surface area contributed by atoms with Gasteiger partial charge in [-0.15, -0.1) is 0 Å². The Labute approximate surface area is 112 Å². The molecule has 0 atom stereocenters. The summed E-state index contributed by atoms with van der Waals surface area (Å²) in [4.78, 5) is 11.2. The molecule has 0 N–H and O–H groups in total. The largest absolute Gasteiger partial charge is 0.497 e. The number of hydrogen-bond donors (Lipinski definition) is 0. The molecular formula is C11H6F8O2. The fourth-order valence-electron chi connectivity index (χ4n) is 1.31. The van der Waals surface area contributed by atoms with E-state index < -0.39 is 40.9 Å². The van der Waals surface area contributed by atoms with E-state index in [1.165, 1.54) is 0 Å². The van der Waals surface area contributed by atoms with Crippen molar-refractivity contribution >= 4 is 5.78 Å². The van der Waals surface area contributed by atoms with Crippen LogP contribution in [0.2, 0.25) is 0 Å². The molecule has 0 saturated heterocycles. The summed E-state index contributed by atoms with van der Waals surface area (Å²) in [6.45, 7) is 0. The van der Waals surface area contributed by atoms with Crippen molar-refractivity contribution in [2.45, 2.75) is 18.0 Å². The van der Waals surface area contributed by atoms with Crippen molar-refractivity contribution in [3.05, 3.63) is 29.6 Å². The molecule has 10 heteroatoms. The maximum absolute atomic E-state index is 13.2. The Balaban J connectivity index is 3.33. The number of rotatable bonds is 4. The average molecular weight is 322 g/mol. The predicted octanol–water partition coefficient (Wildman–Crippen LogP) is 3.85. The zero-order chi connectivity index (χ0) is 16.6. The number of ether oxygens (including phenoxy) is 1. The minimum absolute atomic E-state index is 0.102. The average Bonchev–Trinajstić information content (AvgIpc) is 2.35. The fraction of sp³-hybridized carbons (Fsp3) is 0.364. The highest BCUT2D eigenvalue weighted by atomic mass is 19.4. The highest BCUT2D eigenvalue weighted by molar-refractivity contribution is 6.02. The Morgan fingerprint density at radius 1 is 1.00 bits per heavy atom. The lowest BCUT2D eigenvalue weighted by Gasteiger charge is -2.27. The summed E-state index contributed by atoms with van der Waals surface area (Å²) in [7, 11) is 0.950. The van der Waals surface area contributed by atoms with Crippen molar-refractivity contribution in [3.8, 4) is 5.75 Å². The molecular weight excluding hydrogens is 316 g/mol. The summed E-state index contributed by atoms with van der Waals surface area (Å²) in [5, 5.41) is 0. The van der Waals surface area contributed by atoms with E-state index in [2.05, 4.69) is 4.74 Å². The Hall–Kier alpha value is -1.87. The molecule has 0 bridgehead atoms. The van der Waals surface area contributed by atoms with E-state index in [1.807, 2.05) is 0 Å². The zero-order valence-electron chi connectivity index (χ0n) is 10.1. The number of halogens is 8. The van der Waals surface area contributed by atoms with Gasteiger partial charge in [0, 0.05) is 11.6 Å². The van der Waals surface area contributed by atoms with Gasteiger partial charge in [-0.1, -0.05) is 0 Å². The van der Waals surface area contributed by atoms with Crippen LogP contribution in [0.15, 0.2) is 18.2 Å². The summed E-state index contributed by atoms with van der Waals surface area (Å²) in [6, 6.07) is 1.15. The second kappa shape index (κ2) is 5.15. The van der Waals surface area contributed by atoms with Crippen LogP contribution >= 0.6 is 0 Å². The van der Waals surface area contributed by atoms with Gasteiger partial charge in [-0.25, -0.2) is 4.39 Å². The van der Waals surface area contributed by atoms with E-state index in [0.29, 0.717) is 12.1 Å².